The molecule has 2 amide bonds. The van der Waals surface area contributed by atoms with E-state index in [0.717, 1.165) is 12.8 Å². The van der Waals surface area contributed by atoms with Crippen molar-refractivity contribution in [2.24, 2.45) is 11.3 Å². The standard InChI is InChI=1S/C15H26N2O4/c1-15(2,3)14(21)17-8-5-6-11(10-17)13(20)16(4)9-7-12(18)19/h11H,5-10H2,1-4H3,(H,18,19). The molecule has 21 heavy (non-hydrogen) atoms. The van der Waals surface area contributed by atoms with Gasteiger partial charge in [0.15, 0.2) is 0 Å². The molecular formula is C15H26N2O4. The van der Waals surface area contributed by atoms with Crippen molar-refractivity contribution in [3.63, 3.8) is 0 Å². The molecule has 0 spiro atoms. The summed E-state index contributed by atoms with van der Waals surface area (Å²) < 4.78 is 0. The van der Waals surface area contributed by atoms with Crippen molar-refractivity contribution >= 4 is 17.8 Å². The number of carboxylic acids is 1. The molecule has 0 aromatic rings. The van der Waals surface area contributed by atoms with Gasteiger partial charge >= 0.3 is 5.97 Å². The van der Waals surface area contributed by atoms with Crippen LogP contribution in [0.25, 0.3) is 0 Å². The van der Waals surface area contributed by atoms with E-state index in [0.29, 0.717) is 13.1 Å². The van der Waals surface area contributed by atoms with Gasteiger partial charge in [-0.25, -0.2) is 0 Å². The number of aliphatic carboxylic acids is 1. The number of carbonyl (C=O) groups excluding carboxylic acids is 2. The van der Waals surface area contributed by atoms with Crippen LogP contribution in [0.1, 0.15) is 40.0 Å². The zero-order valence-electron chi connectivity index (χ0n) is 13.4. The minimum absolute atomic E-state index is 0.0560. The highest BCUT2D eigenvalue weighted by molar-refractivity contribution is 5.84. The summed E-state index contributed by atoms with van der Waals surface area (Å²) in [6.45, 7) is 6.96. The summed E-state index contributed by atoms with van der Waals surface area (Å²) >= 11 is 0. The zero-order valence-corrected chi connectivity index (χ0v) is 13.4. The van der Waals surface area contributed by atoms with E-state index < -0.39 is 11.4 Å². The third-order valence-corrected chi connectivity index (χ3v) is 3.74. The molecule has 0 bridgehead atoms. The lowest BCUT2D eigenvalue weighted by Gasteiger charge is -2.37. The molecule has 0 aromatic carbocycles. The van der Waals surface area contributed by atoms with Crippen LogP contribution >= 0.6 is 0 Å². The Morgan fingerprint density at radius 3 is 2.43 bits per heavy atom. The Balaban J connectivity index is 2.61. The molecule has 0 radical (unpaired) electrons. The van der Waals surface area contributed by atoms with E-state index >= 15 is 0 Å². The number of likely N-dealkylation sites (tertiary alicyclic amines) is 1. The fourth-order valence-corrected chi connectivity index (χ4v) is 2.52. The van der Waals surface area contributed by atoms with Gasteiger partial charge in [-0.15, -0.1) is 0 Å². The van der Waals surface area contributed by atoms with Gasteiger partial charge in [-0.05, 0) is 12.8 Å². The van der Waals surface area contributed by atoms with Gasteiger partial charge in [0.25, 0.3) is 0 Å². The van der Waals surface area contributed by atoms with Crippen LogP contribution in [-0.4, -0.2) is 59.4 Å². The van der Waals surface area contributed by atoms with Crippen molar-refractivity contribution in [1.82, 2.24) is 9.80 Å². The predicted molar refractivity (Wildman–Crippen MR) is 78.6 cm³/mol. The predicted octanol–water partition coefficient (Wildman–Crippen LogP) is 1.20. The molecule has 1 heterocycles. The number of rotatable bonds is 4. The summed E-state index contributed by atoms with van der Waals surface area (Å²) in [6.07, 6.45) is 1.51. The first-order valence-electron chi connectivity index (χ1n) is 7.39. The molecule has 0 aromatic heterocycles. The van der Waals surface area contributed by atoms with E-state index in [1.54, 1.807) is 11.9 Å². The van der Waals surface area contributed by atoms with Crippen LogP contribution in [0, 0.1) is 11.3 Å². The monoisotopic (exact) mass is 298 g/mol. The molecule has 0 saturated carbocycles. The first kappa shape index (κ1) is 17.5. The quantitative estimate of drug-likeness (QED) is 0.846. The Morgan fingerprint density at radius 2 is 1.90 bits per heavy atom. The summed E-state index contributed by atoms with van der Waals surface area (Å²) in [7, 11) is 1.62. The van der Waals surface area contributed by atoms with Gasteiger partial charge < -0.3 is 14.9 Å². The number of nitrogens with zero attached hydrogens (tertiary/aromatic N) is 2. The molecule has 1 rings (SSSR count). The van der Waals surface area contributed by atoms with E-state index in [2.05, 4.69) is 0 Å². The van der Waals surface area contributed by atoms with E-state index in [1.807, 2.05) is 20.8 Å². The van der Waals surface area contributed by atoms with E-state index in [-0.39, 0.29) is 30.7 Å². The molecule has 1 N–H and O–H groups in total. The highest BCUT2D eigenvalue weighted by Crippen LogP contribution is 2.24. The fourth-order valence-electron chi connectivity index (χ4n) is 2.52. The van der Waals surface area contributed by atoms with Crippen molar-refractivity contribution in [3.8, 4) is 0 Å². The average molecular weight is 298 g/mol. The third-order valence-electron chi connectivity index (χ3n) is 3.74. The highest BCUT2D eigenvalue weighted by Gasteiger charge is 2.34. The second kappa shape index (κ2) is 6.91. The van der Waals surface area contributed by atoms with Gasteiger partial charge in [0, 0.05) is 32.1 Å². The second-order valence-corrected chi connectivity index (χ2v) is 6.74. The summed E-state index contributed by atoms with van der Waals surface area (Å²) in [5, 5.41) is 8.67. The topological polar surface area (TPSA) is 77.9 Å². The molecule has 1 aliphatic rings. The van der Waals surface area contributed by atoms with Crippen LogP contribution in [0.3, 0.4) is 0 Å². The first-order valence-corrected chi connectivity index (χ1v) is 7.39. The number of hydrogen-bond donors (Lipinski definition) is 1. The SMILES string of the molecule is CN(CCC(=O)O)C(=O)C1CCCN(C(=O)C(C)(C)C)C1. The van der Waals surface area contributed by atoms with E-state index in [4.69, 9.17) is 5.11 Å². The van der Waals surface area contributed by atoms with Crippen LogP contribution in [0.15, 0.2) is 0 Å². The Hall–Kier alpha value is -1.59. The average Bonchev–Trinajstić information content (AvgIpc) is 2.42. The molecule has 0 aliphatic carbocycles. The first-order chi connectivity index (χ1) is 9.62. The highest BCUT2D eigenvalue weighted by atomic mass is 16.4. The van der Waals surface area contributed by atoms with Crippen molar-refractivity contribution in [1.29, 1.82) is 0 Å². The van der Waals surface area contributed by atoms with Crippen molar-refractivity contribution < 1.29 is 19.5 Å². The Kier molecular flexibility index (Phi) is 5.75. The Labute approximate surface area is 126 Å². The molecular weight excluding hydrogens is 272 g/mol. The van der Waals surface area contributed by atoms with Crippen LogP contribution in [0.5, 0.6) is 0 Å². The number of piperidine rings is 1. The maximum atomic E-state index is 12.3. The minimum atomic E-state index is -0.914. The molecule has 1 unspecified atom stereocenters. The largest absolute Gasteiger partial charge is 0.481 e. The van der Waals surface area contributed by atoms with Gasteiger partial charge in [0.05, 0.1) is 12.3 Å². The minimum Gasteiger partial charge on any atom is -0.481 e. The van der Waals surface area contributed by atoms with Gasteiger partial charge in [-0.1, -0.05) is 20.8 Å². The van der Waals surface area contributed by atoms with E-state index in [9.17, 15) is 14.4 Å². The number of amides is 2. The summed E-state index contributed by atoms with van der Waals surface area (Å²) in [6, 6.07) is 0. The molecule has 1 fully saturated rings. The Bertz CT molecular complexity index is 414. The van der Waals surface area contributed by atoms with Crippen molar-refractivity contribution in [2.45, 2.75) is 40.0 Å². The van der Waals surface area contributed by atoms with Crippen LogP contribution in [0.2, 0.25) is 0 Å². The van der Waals surface area contributed by atoms with Crippen LogP contribution in [-0.2, 0) is 14.4 Å². The second-order valence-electron chi connectivity index (χ2n) is 6.74. The van der Waals surface area contributed by atoms with Crippen LogP contribution in [0.4, 0.5) is 0 Å². The number of carboxylic acid groups (broad SMARTS) is 1. The van der Waals surface area contributed by atoms with Gasteiger partial charge in [-0.3, -0.25) is 14.4 Å². The lowest BCUT2D eigenvalue weighted by atomic mass is 9.90. The Morgan fingerprint density at radius 1 is 1.29 bits per heavy atom. The van der Waals surface area contributed by atoms with Gasteiger partial charge in [0.2, 0.25) is 11.8 Å². The molecule has 1 aliphatic heterocycles. The third kappa shape index (κ3) is 5.02. The summed E-state index contributed by atoms with van der Waals surface area (Å²) in [5.74, 6) is -1.14. The lowest BCUT2D eigenvalue weighted by molar-refractivity contribution is -0.145. The molecule has 6 nitrogen and oxygen atoms in total. The molecule has 1 atom stereocenters. The molecule has 1 saturated heterocycles. The number of carbonyl (C=O) groups is 3. The maximum Gasteiger partial charge on any atom is 0.305 e. The van der Waals surface area contributed by atoms with Crippen LogP contribution < -0.4 is 0 Å². The summed E-state index contributed by atoms with van der Waals surface area (Å²) in [5.41, 5.74) is -0.444. The normalized spacial score (nSPS) is 19.2. The van der Waals surface area contributed by atoms with Gasteiger partial charge in [-0.2, -0.15) is 0 Å². The van der Waals surface area contributed by atoms with Gasteiger partial charge in [0.1, 0.15) is 0 Å². The fraction of sp³-hybridized carbons (Fsp3) is 0.800. The lowest BCUT2D eigenvalue weighted by Crippen LogP contribution is -2.49. The summed E-state index contributed by atoms with van der Waals surface area (Å²) in [4.78, 5) is 38.4. The molecule has 6 heteroatoms. The van der Waals surface area contributed by atoms with E-state index in [1.165, 1.54) is 4.90 Å². The maximum absolute atomic E-state index is 12.3. The van der Waals surface area contributed by atoms with Crippen molar-refractivity contribution in [3.05, 3.63) is 0 Å². The number of hydrogen-bond acceptors (Lipinski definition) is 3. The smallest absolute Gasteiger partial charge is 0.305 e. The van der Waals surface area contributed by atoms with Crippen molar-refractivity contribution in [2.75, 3.05) is 26.7 Å². The molecule has 120 valence electrons. The zero-order chi connectivity index (χ0) is 16.2.